The number of carbonyl (C=O) groups is 4. The molecule has 0 aromatic carbocycles. The van der Waals surface area contributed by atoms with E-state index in [0.717, 1.165) is 24.3 Å². The van der Waals surface area contributed by atoms with Crippen molar-refractivity contribution in [3.05, 3.63) is 12.7 Å². The quantitative estimate of drug-likeness (QED) is 0.403. The molecule has 2 unspecified atom stereocenters. The molecular weight excluding hydrogens is 324 g/mol. The third kappa shape index (κ3) is 4.08. The first kappa shape index (κ1) is 19.1. The number of hydrogen-bond donors (Lipinski definition) is 2. The minimum Gasteiger partial charge on any atom is -0.350 e. The zero-order valence-corrected chi connectivity index (χ0v) is 13.7. The van der Waals surface area contributed by atoms with Gasteiger partial charge in [-0.3, -0.25) is 19.3 Å². The van der Waals surface area contributed by atoms with Gasteiger partial charge in [0, 0.05) is 18.6 Å². The van der Waals surface area contributed by atoms with Gasteiger partial charge >= 0.3 is 17.8 Å². The third-order valence-corrected chi connectivity index (χ3v) is 3.86. The first-order chi connectivity index (χ1) is 10.5. The highest BCUT2D eigenvalue weighted by molar-refractivity contribution is 6.45. The lowest BCUT2D eigenvalue weighted by Gasteiger charge is -2.31. The molecule has 2 saturated heterocycles. The summed E-state index contributed by atoms with van der Waals surface area (Å²) in [6.07, 6.45) is 3.13. The fraction of sp³-hybridized carbons (Fsp3) is 0.571. The molecule has 5 amide bonds. The fourth-order valence-corrected chi connectivity index (χ4v) is 2.62. The van der Waals surface area contributed by atoms with E-state index < -0.39 is 30.3 Å². The molecule has 2 aliphatic heterocycles. The molecule has 9 heteroatoms. The lowest BCUT2D eigenvalue weighted by atomic mass is 10.00. The van der Waals surface area contributed by atoms with Gasteiger partial charge in [-0.25, -0.2) is 9.69 Å². The average molecular weight is 345 g/mol. The van der Waals surface area contributed by atoms with Crippen LogP contribution in [0.4, 0.5) is 4.79 Å². The number of rotatable bonds is 5. The molecule has 0 radical (unpaired) electrons. The number of piperidine rings is 1. The van der Waals surface area contributed by atoms with E-state index in [4.69, 9.17) is 0 Å². The van der Waals surface area contributed by atoms with E-state index in [2.05, 4.69) is 17.2 Å². The van der Waals surface area contributed by atoms with E-state index in [0.29, 0.717) is 4.90 Å². The molecule has 2 fully saturated rings. The molecule has 2 aliphatic rings. The number of carbonyl (C=O) groups excluding carboxylic acids is 4. The number of nitrogens with zero attached hydrogens (tertiary/aromatic N) is 2. The Kier molecular flexibility index (Phi) is 6.71. The Bertz CT molecular complexity index is 525. The topological polar surface area (TPSA) is 98.8 Å². The van der Waals surface area contributed by atoms with Crippen LogP contribution in [0.2, 0.25) is 0 Å². The molecule has 23 heavy (non-hydrogen) atoms. The van der Waals surface area contributed by atoms with E-state index >= 15 is 0 Å². The van der Waals surface area contributed by atoms with E-state index in [1.165, 1.54) is 6.08 Å². The molecule has 2 heterocycles. The summed E-state index contributed by atoms with van der Waals surface area (Å²) in [5, 5.41) is 6.04. The van der Waals surface area contributed by atoms with Crippen LogP contribution in [-0.2, 0) is 14.4 Å². The highest BCUT2D eigenvalue weighted by Gasteiger charge is 2.44. The van der Waals surface area contributed by atoms with Crippen molar-refractivity contribution in [1.82, 2.24) is 20.4 Å². The van der Waals surface area contributed by atoms with Gasteiger partial charge in [-0.1, -0.05) is 6.08 Å². The van der Waals surface area contributed by atoms with Crippen LogP contribution in [-0.4, -0.2) is 65.3 Å². The zero-order valence-electron chi connectivity index (χ0n) is 12.9. The Hall–Kier alpha value is -1.93. The van der Waals surface area contributed by atoms with Gasteiger partial charge in [-0.2, -0.15) is 0 Å². The molecular formula is C14H21ClN4O4. The first-order valence-corrected chi connectivity index (χ1v) is 7.26. The van der Waals surface area contributed by atoms with Gasteiger partial charge < -0.3 is 10.6 Å². The highest BCUT2D eigenvalue weighted by atomic mass is 35.5. The standard InChI is InChI=1S/C14H20N4O4.ClH/c1-3-7-17-12(20)13(21)18(14(17)22)8-11(19)16-10-5-4-6-15-9(10)2;/h3,9-10,15H,1,4-8H2,2H3,(H,16,19);1H. The monoisotopic (exact) mass is 344 g/mol. The molecule has 128 valence electrons. The molecule has 2 rings (SSSR count). The van der Waals surface area contributed by atoms with Gasteiger partial charge in [-0.05, 0) is 26.3 Å². The lowest BCUT2D eigenvalue weighted by molar-refractivity contribution is -0.143. The highest BCUT2D eigenvalue weighted by Crippen LogP contribution is 2.12. The van der Waals surface area contributed by atoms with E-state index in [-0.39, 0.29) is 31.0 Å². The Balaban J connectivity index is 0.00000264. The number of imide groups is 2. The summed E-state index contributed by atoms with van der Waals surface area (Å²) in [7, 11) is 0. The number of nitrogens with one attached hydrogen (secondary N) is 2. The van der Waals surface area contributed by atoms with Crippen molar-refractivity contribution < 1.29 is 19.2 Å². The number of hydrogen-bond acceptors (Lipinski definition) is 5. The van der Waals surface area contributed by atoms with Crippen molar-refractivity contribution in [3.63, 3.8) is 0 Å². The van der Waals surface area contributed by atoms with Gasteiger partial charge in [0.25, 0.3) is 0 Å². The van der Waals surface area contributed by atoms with Gasteiger partial charge in [-0.15, -0.1) is 19.0 Å². The number of halogens is 1. The normalized spacial score (nSPS) is 24.5. The first-order valence-electron chi connectivity index (χ1n) is 7.26. The zero-order chi connectivity index (χ0) is 16.3. The Labute approximate surface area is 140 Å². The second-order valence-electron chi connectivity index (χ2n) is 5.44. The molecule has 0 aromatic rings. The van der Waals surface area contributed by atoms with Crippen molar-refractivity contribution >= 4 is 36.2 Å². The smallest absolute Gasteiger partial charge is 0.335 e. The molecule has 0 saturated carbocycles. The molecule has 0 aliphatic carbocycles. The Morgan fingerprint density at radius 1 is 1.35 bits per heavy atom. The molecule has 0 spiro atoms. The van der Waals surface area contributed by atoms with Gasteiger partial charge in [0.15, 0.2) is 0 Å². The molecule has 2 N–H and O–H groups in total. The minimum absolute atomic E-state index is 0. The molecule has 0 aromatic heterocycles. The van der Waals surface area contributed by atoms with Crippen molar-refractivity contribution in [3.8, 4) is 0 Å². The number of amides is 5. The van der Waals surface area contributed by atoms with E-state index in [1.807, 2.05) is 6.92 Å². The van der Waals surface area contributed by atoms with E-state index in [1.54, 1.807) is 0 Å². The summed E-state index contributed by atoms with van der Waals surface area (Å²) in [6.45, 7) is 5.80. The Morgan fingerprint density at radius 2 is 2.00 bits per heavy atom. The van der Waals surface area contributed by atoms with Crippen molar-refractivity contribution in [2.45, 2.75) is 31.8 Å². The summed E-state index contributed by atoms with van der Waals surface area (Å²) in [4.78, 5) is 48.9. The molecule has 0 bridgehead atoms. The molecule has 8 nitrogen and oxygen atoms in total. The van der Waals surface area contributed by atoms with Crippen LogP contribution >= 0.6 is 12.4 Å². The largest absolute Gasteiger partial charge is 0.350 e. The van der Waals surface area contributed by atoms with Gasteiger partial charge in [0.05, 0.1) is 0 Å². The summed E-state index contributed by atoms with van der Waals surface area (Å²) in [6, 6.07) is -0.699. The lowest BCUT2D eigenvalue weighted by Crippen LogP contribution is -2.54. The summed E-state index contributed by atoms with van der Waals surface area (Å²) in [5.41, 5.74) is 0. The van der Waals surface area contributed by atoms with Gasteiger partial charge in [0.1, 0.15) is 6.54 Å². The summed E-state index contributed by atoms with van der Waals surface area (Å²) in [5.74, 6) is -2.35. The van der Waals surface area contributed by atoms with Crippen LogP contribution < -0.4 is 10.6 Å². The maximum absolute atomic E-state index is 12.0. The molecule has 2 atom stereocenters. The van der Waals surface area contributed by atoms with Crippen LogP contribution in [0.25, 0.3) is 0 Å². The van der Waals surface area contributed by atoms with E-state index in [9.17, 15) is 19.2 Å². The van der Waals surface area contributed by atoms with Crippen LogP contribution in [0.3, 0.4) is 0 Å². The Morgan fingerprint density at radius 3 is 2.61 bits per heavy atom. The van der Waals surface area contributed by atoms with Crippen LogP contribution in [0.1, 0.15) is 19.8 Å². The summed E-state index contributed by atoms with van der Waals surface area (Å²) >= 11 is 0. The van der Waals surface area contributed by atoms with Crippen molar-refractivity contribution in [2.24, 2.45) is 0 Å². The third-order valence-electron chi connectivity index (χ3n) is 3.86. The SMILES string of the molecule is C=CCN1C(=O)C(=O)N(CC(=O)NC2CCCNC2C)C1=O.Cl. The van der Waals surface area contributed by atoms with Crippen molar-refractivity contribution in [1.29, 1.82) is 0 Å². The number of urea groups is 1. The maximum atomic E-state index is 12.0. The maximum Gasteiger partial charge on any atom is 0.335 e. The van der Waals surface area contributed by atoms with Crippen LogP contribution in [0.5, 0.6) is 0 Å². The second kappa shape index (κ2) is 8.07. The van der Waals surface area contributed by atoms with Crippen LogP contribution in [0.15, 0.2) is 12.7 Å². The fourth-order valence-electron chi connectivity index (χ4n) is 2.62. The minimum atomic E-state index is -0.975. The predicted octanol–water partition coefficient (Wildman–Crippen LogP) is -0.358. The second-order valence-corrected chi connectivity index (χ2v) is 5.44. The van der Waals surface area contributed by atoms with Crippen LogP contribution in [0, 0.1) is 0 Å². The van der Waals surface area contributed by atoms with Crippen molar-refractivity contribution in [2.75, 3.05) is 19.6 Å². The average Bonchev–Trinajstić information content (AvgIpc) is 2.68. The van der Waals surface area contributed by atoms with Gasteiger partial charge in [0.2, 0.25) is 5.91 Å². The summed E-state index contributed by atoms with van der Waals surface area (Å²) < 4.78 is 0. The predicted molar refractivity (Wildman–Crippen MR) is 84.9 cm³/mol.